The highest BCUT2D eigenvalue weighted by molar-refractivity contribution is 7.48. The van der Waals surface area contributed by atoms with Gasteiger partial charge in [-0.15, -0.1) is 0 Å². The van der Waals surface area contributed by atoms with Crippen LogP contribution >= 0.6 is 7.82 Å². The smallest absolute Gasteiger partial charge is 0.475 e. The zero-order chi connectivity index (χ0) is 34.2. The summed E-state index contributed by atoms with van der Waals surface area (Å²) in [5.74, 6) is -5.42. The molecule has 0 aromatic carbocycles. The molecule has 0 saturated heterocycles. The van der Waals surface area contributed by atoms with Crippen molar-refractivity contribution < 1.29 is 57.4 Å². The predicted octanol–water partition coefficient (Wildman–Crippen LogP) is 6.74. The molecule has 13 heteroatoms. The minimum atomic E-state index is -4.51. The molecule has 0 aromatic heterocycles. The maximum atomic E-state index is 12.8. The third-order valence-electron chi connectivity index (χ3n) is 7.06. The van der Waals surface area contributed by atoms with Crippen LogP contribution in [0.4, 0.5) is 0 Å². The number of phosphoric acid groups is 1. The van der Waals surface area contributed by atoms with E-state index >= 15 is 0 Å². The number of rotatable bonds is 23. The van der Waals surface area contributed by atoms with Crippen LogP contribution in [-0.2, 0) is 42.1 Å². The lowest BCUT2D eigenvalue weighted by atomic mass is 9.84. The highest BCUT2D eigenvalue weighted by atomic mass is 31.2. The second-order valence-electron chi connectivity index (χ2n) is 11.7. The third kappa shape index (κ3) is 16.0. The van der Waals surface area contributed by atoms with Gasteiger partial charge in [-0.2, -0.15) is 0 Å². The fraction of sp³-hybridized carbons (Fsp3) is 0.742. The first-order chi connectivity index (χ1) is 20.4. The Bertz CT molecular complexity index is 1040. The van der Waals surface area contributed by atoms with Crippen LogP contribution in [0.15, 0.2) is 23.3 Å². The van der Waals surface area contributed by atoms with Gasteiger partial charge in [-0.1, -0.05) is 59.6 Å². The monoisotopic (exact) mass is 648 g/mol. The highest BCUT2D eigenvalue weighted by Gasteiger charge is 2.45. The SMILES string of the molecule is CCOP(=O)(OCC)O[C@H](C(=O)O)[C@H](OC(=O)C(C)C/C(=C/C(C)=C/C(C)CC(C)CC(C)CC(C)CC)C(=O)O)C(=O)O. The van der Waals surface area contributed by atoms with Gasteiger partial charge in [0, 0.05) is 5.57 Å². The molecule has 0 aliphatic rings. The van der Waals surface area contributed by atoms with Crippen LogP contribution in [0.2, 0.25) is 0 Å². The molecule has 0 bridgehead atoms. The molecule has 0 amide bonds. The summed E-state index contributed by atoms with van der Waals surface area (Å²) in [6.07, 6.45) is 2.65. The standard InChI is InChI=1S/C31H53O12P/c1-10-19(4)13-20(5)14-21(6)15-22(7)16-23(8)17-25(28(32)33)18-24(9)31(38)42-26(29(34)35)27(30(36)37)43-44(39,40-11-2)41-12-3/h16-17,19-22,24,26-27H,10-15,18H2,1-9H3,(H,32,33)(H,34,35)(H,36,37)/b23-16+,25-17-/t19?,20?,21?,22?,24?,26-,27-/m0/s1. The van der Waals surface area contributed by atoms with Gasteiger partial charge < -0.3 is 20.1 Å². The molecule has 0 rings (SSSR count). The number of aliphatic carboxylic acids is 3. The molecule has 0 radical (unpaired) electrons. The molecular weight excluding hydrogens is 595 g/mol. The van der Waals surface area contributed by atoms with Gasteiger partial charge in [0.2, 0.25) is 12.2 Å². The van der Waals surface area contributed by atoms with E-state index in [1.807, 2.05) is 6.08 Å². The summed E-state index contributed by atoms with van der Waals surface area (Å²) in [6.45, 7) is 16.6. The van der Waals surface area contributed by atoms with Crippen molar-refractivity contribution in [3.8, 4) is 0 Å². The molecule has 3 N–H and O–H groups in total. The number of hydrogen-bond acceptors (Lipinski definition) is 9. The lowest BCUT2D eigenvalue weighted by Crippen LogP contribution is -2.45. The van der Waals surface area contributed by atoms with Crippen molar-refractivity contribution in [1.29, 1.82) is 0 Å². The average molecular weight is 649 g/mol. The average Bonchev–Trinajstić information content (AvgIpc) is 2.89. The number of esters is 1. The second-order valence-corrected chi connectivity index (χ2v) is 13.4. The Balaban J connectivity index is 5.65. The summed E-state index contributed by atoms with van der Waals surface area (Å²) in [5.41, 5.74) is 0.585. The summed E-state index contributed by atoms with van der Waals surface area (Å²) in [6, 6.07) is 0. The molecule has 0 fully saturated rings. The van der Waals surface area contributed by atoms with Crippen molar-refractivity contribution in [2.45, 2.75) is 107 Å². The number of carbonyl (C=O) groups is 4. The number of carbonyl (C=O) groups excluding carboxylic acids is 1. The summed E-state index contributed by atoms with van der Waals surface area (Å²) < 4.78 is 32.3. The number of hydrogen-bond donors (Lipinski definition) is 3. The Morgan fingerprint density at radius 1 is 0.773 bits per heavy atom. The molecule has 0 aliphatic carbocycles. The van der Waals surface area contributed by atoms with E-state index in [1.54, 1.807) is 6.92 Å². The molecule has 44 heavy (non-hydrogen) atoms. The quantitative estimate of drug-likeness (QED) is 0.0460. The van der Waals surface area contributed by atoms with Crippen molar-refractivity contribution in [2.24, 2.45) is 29.6 Å². The molecule has 0 spiro atoms. The van der Waals surface area contributed by atoms with Gasteiger partial charge in [-0.3, -0.25) is 18.4 Å². The summed E-state index contributed by atoms with van der Waals surface area (Å²) in [4.78, 5) is 48.5. The van der Waals surface area contributed by atoms with Gasteiger partial charge in [0.15, 0.2) is 0 Å². The van der Waals surface area contributed by atoms with Crippen LogP contribution < -0.4 is 0 Å². The molecule has 254 valence electrons. The molecule has 12 nitrogen and oxygen atoms in total. The van der Waals surface area contributed by atoms with Crippen molar-refractivity contribution >= 4 is 31.7 Å². The molecule has 5 unspecified atom stereocenters. The molecular formula is C31H53O12P. The van der Waals surface area contributed by atoms with Crippen LogP contribution in [0.25, 0.3) is 0 Å². The van der Waals surface area contributed by atoms with E-state index in [9.17, 15) is 39.1 Å². The molecule has 0 heterocycles. The van der Waals surface area contributed by atoms with Gasteiger partial charge in [0.05, 0.1) is 19.1 Å². The number of allylic oxidation sites excluding steroid dienone is 3. The maximum absolute atomic E-state index is 12.8. The van der Waals surface area contributed by atoms with E-state index < -0.39 is 49.8 Å². The van der Waals surface area contributed by atoms with Gasteiger partial charge in [0.1, 0.15) is 0 Å². The highest BCUT2D eigenvalue weighted by Crippen LogP contribution is 2.51. The van der Waals surface area contributed by atoms with Gasteiger partial charge in [-0.05, 0) is 76.2 Å². The topological polar surface area (TPSA) is 183 Å². The minimum Gasteiger partial charge on any atom is -0.479 e. The third-order valence-corrected chi connectivity index (χ3v) is 8.69. The summed E-state index contributed by atoms with van der Waals surface area (Å²) in [5, 5.41) is 29.0. The fourth-order valence-electron chi connectivity index (χ4n) is 5.09. The number of carboxylic acid groups (broad SMARTS) is 3. The van der Waals surface area contributed by atoms with Crippen molar-refractivity contribution in [1.82, 2.24) is 0 Å². The van der Waals surface area contributed by atoms with E-state index in [1.165, 1.54) is 33.3 Å². The van der Waals surface area contributed by atoms with Crippen molar-refractivity contribution in [3.63, 3.8) is 0 Å². The number of carboxylic acids is 3. The van der Waals surface area contributed by atoms with Crippen LogP contribution in [0, 0.1) is 29.6 Å². The van der Waals surface area contributed by atoms with Gasteiger partial charge in [-0.25, -0.2) is 18.9 Å². The minimum absolute atomic E-state index is 0.110. The molecule has 0 aromatic rings. The van der Waals surface area contributed by atoms with E-state index in [4.69, 9.17) is 18.3 Å². The first kappa shape index (κ1) is 41.5. The van der Waals surface area contributed by atoms with Gasteiger partial charge >= 0.3 is 31.7 Å². The number of phosphoric ester groups is 1. The maximum Gasteiger partial charge on any atom is 0.475 e. The lowest BCUT2D eigenvalue weighted by Gasteiger charge is -2.25. The van der Waals surface area contributed by atoms with Gasteiger partial charge in [0.25, 0.3) is 0 Å². The van der Waals surface area contributed by atoms with E-state index in [-0.39, 0.29) is 31.1 Å². The summed E-state index contributed by atoms with van der Waals surface area (Å²) >= 11 is 0. The Morgan fingerprint density at radius 2 is 1.27 bits per heavy atom. The second kappa shape index (κ2) is 20.5. The zero-order valence-corrected chi connectivity index (χ0v) is 28.5. The van der Waals surface area contributed by atoms with Crippen LogP contribution in [0.5, 0.6) is 0 Å². The molecule has 7 atom stereocenters. The fourth-order valence-corrected chi connectivity index (χ4v) is 6.40. The predicted molar refractivity (Wildman–Crippen MR) is 165 cm³/mol. The summed E-state index contributed by atoms with van der Waals surface area (Å²) in [7, 11) is -4.51. The lowest BCUT2D eigenvalue weighted by molar-refractivity contribution is -0.179. The first-order valence-electron chi connectivity index (χ1n) is 15.2. The van der Waals surface area contributed by atoms with E-state index in [0.29, 0.717) is 23.3 Å². The molecule has 0 aliphatic heterocycles. The van der Waals surface area contributed by atoms with Crippen molar-refractivity contribution in [3.05, 3.63) is 23.3 Å². The Hall–Kier alpha value is -2.53. The van der Waals surface area contributed by atoms with E-state index in [0.717, 1.165) is 19.3 Å². The normalized spacial score (nSPS) is 17.6. The van der Waals surface area contributed by atoms with Crippen molar-refractivity contribution in [2.75, 3.05) is 13.2 Å². The number of ether oxygens (including phenoxy) is 1. The molecule has 0 saturated carbocycles. The van der Waals surface area contributed by atoms with Crippen LogP contribution in [0.3, 0.4) is 0 Å². The largest absolute Gasteiger partial charge is 0.479 e. The first-order valence-corrected chi connectivity index (χ1v) is 16.7. The zero-order valence-electron chi connectivity index (χ0n) is 27.6. The Labute approximate surface area is 261 Å². The van der Waals surface area contributed by atoms with Crippen LogP contribution in [0.1, 0.15) is 94.4 Å². The van der Waals surface area contributed by atoms with Crippen LogP contribution in [-0.4, -0.2) is 64.6 Å². The van der Waals surface area contributed by atoms with E-state index in [2.05, 4.69) is 34.6 Å². The Kier molecular flexibility index (Phi) is 19.3. The Morgan fingerprint density at radius 3 is 1.73 bits per heavy atom.